The number of methoxy groups -OCH3 is 1. The molecular weight excluding hydrogens is 480 g/mol. The number of anilines is 1. The molecule has 9 nitrogen and oxygen atoms in total. The normalized spacial score (nSPS) is 24.7. The fourth-order valence-corrected chi connectivity index (χ4v) is 5.52. The van der Waals surface area contributed by atoms with E-state index in [1.165, 1.54) is 6.92 Å². The Hall–Kier alpha value is -3.47. The van der Waals surface area contributed by atoms with Crippen LogP contribution in [0.4, 0.5) is 20.2 Å². The van der Waals surface area contributed by atoms with Crippen LogP contribution in [0.25, 0.3) is 11.1 Å². The summed E-state index contributed by atoms with van der Waals surface area (Å²) >= 11 is 0. The highest BCUT2D eigenvalue weighted by atomic mass is 19.3. The predicted octanol–water partition coefficient (Wildman–Crippen LogP) is 3.60. The predicted molar refractivity (Wildman–Crippen MR) is 141 cm³/mol. The summed E-state index contributed by atoms with van der Waals surface area (Å²) in [7, 11) is 1.58. The molecule has 3 aliphatic rings. The SMILES string of the molecule is COC1=NC(NC2CC(C)(NC(C)=O)C2)Nn2ccc(-c3ccc4c(c3)N(CC(F)F)CCC(C)=N4)c21. The number of aliphatic imine (C=N–C) groups is 2. The summed E-state index contributed by atoms with van der Waals surface area (Å²) in [4.78, 5) is 22.5. The number of halogens is 2. The Morgan fingerprint density at radius 3 is 2.81 bits per heavy atom. The molecule has 0 spiro atoms. The van der Waals surface area contributed by atoms with Gasteiger partial charge in [-0.2, -0.15) is 0 Å². The highest BCUT2D eigenvalue weighted by molar-refractivity contribution is 6.01. The van der Waals surface area contributed by atoms with Gasteiger partial charge in [-0.1, -0.05) is 6.07 Å². The molecule has 0 bridgehead atoms. The van der Waals surface area contributed by atoms with Crippen molar-refractivity contribution in [1.82, 2.24) is 15.3 Å². The lowest BCUT2D eigenvalue weighted by Crippen LogP contribution is -2.63. The molecule has 198 valence electrons. The third kappa shape index (κ3) is 5.18. The van der Waals surface area contributed by atoms with Crippen molar-refractivity contribution < 1.29 is 18.3 Å². The number of benzene rings is 1. The van der Waals surface area contributed by atoms with Gasteiger partial charge in [0.15, 0.2) is 6.29 Å². The molecule has 3 N–H and O–H groups in total. The van der Waals surface area contributed by atoms with E-state index in [9.17, 15) is 13.6 Å². The number of nitrogens with one attached hydrogen (secondary N) is 3. The summed E-state index contributed by atoms with van der Waals surface area (Å²) < 4.78 is 34.2. The van der Waals surface area contributed by atoms with Crippen LogP contribution in [0.15, 0.2) is 40.4 Å². The smallest absolute Gasteiger partial charge is 0.255 e. The van der Waals surface area contributed by atoms with E-state index >= 15 is 0 Å². The van der Waals surface area contributed by atoms with E-state index in [0.29, 0.717) is 30.2 Å². The van der Waals surface area contributed by atoms with E-state index in [-0.39, 0.29) is 24.0 Å². The van der Waals surface area contributed by atoms with Crippen molar-refractivity contribution in [1.29, 1.82) is 0 Å². The lowest BCUT2D eigenvalue weighted by molar-refractivity contribution is -0.122. The number of alkyl halides is 2. The minimum atomic E-state index is -2.44. The maximum Gasteiger partial charge on any atom is 0.255 e. The Morgan fingerprint density at radius 1 is 1.32 bits per heavy atom. The molecule has 1 saturated carbocycles. The number of fused-ring (bicyclic) bond motifs is 2. The van der Waals surface area contributed by atoms with Gasteiger partial charge in [0.2, 0.25) is 11.8 Å². The van der Waals surface area contributed by atoms with Crippen molar-refractivity contribution >= 4 is 28.9 Å². The van der Waals surface area contributed by atoms with Crippen LogP contribution in [-0.2, 0) is 9.53 Å². The largest absolute Gasteiger partial charge is 0.480 e. The molecule has 1 amide bonds. The Labute approximate surface area is 215 Å². The number of hydrogen-bond acceptors (Lipinski definition) is 7. The zero-order valence-corrected chi connectivity index (χ0v) is 21.5. The fraction of sp³-hybridized carbons (Fsp3) is 0.500. The van der Waals surface area contributed by atoms with Gasteiger partial charge in [0, 0.05) is 48.9 Å². The quantitative estimate of drug-likeness (QED) is 0.549. The molecule has 1 aromatic carbocycles. The van der Waals surface area contributed by atoms with Crippen molar-refractivity contribution in [3.8, 4) is 11.1 Å². The van der Waals surface area contributed by atoms with Crippen LogP contribution < -0.4 is 21.0 Å². The van der Waals surface area contributed by atoms with E-state index in [2.05, 4.69) is 21.1 Å². The van der Waals surface area contributed by atoms with Gasteiger partial charge in [0.05, 0.1) is 25.0 Å². The van der Waals surface area contributed by atoms with Gasteiger partial charge < -0.3 is 15.0 Å². The topological polar surface area (TPSA) is 95.3 Å². The van der Waals surface area contributed by atoms with Crippen LogP contribution in [0.2, 0.25) is 0 Å². The maximum absolute atomic E-state index is 13.3. The minimum Gasteiger partial charge on any atom is -0.480 e. The standard InChI is InChI=1S/C26H33F2N7O2/c1-15-7-9-34(14-22(27)28)21-11-17(5-6-20(21)29-15)19-8-10-35-23(19)24(37-4)31-25(33-35)30-18-12-26(3,13-18)32-16(2)36/h5-6,8,10-11,18,22,25,30,33H,7,9,12-14H2,1-4H3,(H,32,36). The summed E-state index contributed by atoms with van der Waals surface area (Å²) in [6, 6.07) is 7.91. The monoisotopic (exact) mass is 513 g/mol. The summed E-state index contributed by atoms with van der Waals surface area (Å²) in [6.07, 6.45) is 1.31. The Balaban J connectivity index is 1.39. The number of amides is 1. The Kier molecular flexibility index (Phi) is 6.65. The minimum absolute atomic E-state index is 0.0296. The second kappa shape index (κ2) is 9.77. The van der Waals surface area contributed by atoms with Gasteiger partial charge in [-0.25, -0.2) is 13.8 Å². The van der Waals surface area contributed by atoms with E-state index in [0.717, 1.165) is 35.4 Å². The summed E-state index contributed by atoms with van der Waals surface area (Å²) in [5, 5.41) is 6.47. The first-order chi connectivity index (χ1) is 17.6. The zero-order valence-electron chi connectivity index (χ0n) is 21.5. The van der Waals surface area contributed by atoms with Crippen LogP contribution in [0.1, 0.15) is 45.7 Å². The molecular formula is C26H33F2N7O2. The number of rotatable bonds is 6. The van der Waals surface area contributed by atoms with Crippen LogP contribution >= 0.6 is 0 Å². The average molecular weight is 514 g/mol. The van der Waals surface area contributed by atoms with E-state index in [1.807, 2.05) is 49.0 Å². The van der Waals surface area contributed by atoms with Gasteiger partial charge in [-0.05, 0) is 50.5 Å². The molecule has 1 fully saturated rings. The summed E-state index contributed by atoms with van der Waals surface area (Å²) in [5.41, 5.74) is 7.96. The number of hydrogen-bond donors (Lipinski definition) is 3. The van der Waals surface area contributed by atoms with E-state index in [4.69, 9.17) is 9.73 Å². The molecule has 3 heterocycles. The van der Waals surface area contributed by atoms with Crippen LogP contribution in [0.3, 0.4) is 0 Å². The molecule has 1 atom stereocenters. The molecule has 1 aromatic heterocycles. The first-order valence-electron chi connectivity index (χ1n) is 12.5. The summed E-state index contributed by atoms with van der Waals surface area (Å²) in [6.45, 7) is 5.65. The van der Waals surface area contributed by atoms with Gasteiger partial charge >= 0.3 is 0 Å². The fourth-order valence-electron chi connectivity index (χ4n) is 5.52. The van der Waals surface area contributed by atoms with Crippen LogP contribution in [0.5, 0.6) is 0 Å². The molecule has 5 rings (SSSR count). The number of nitrogens with zero attached hydrogens (tertiary/aromatic N) is 4. The molecule has 2 aromatic rings. The van der Waals surface area contributed by atoms with Crippen molar-refractivity contribution in [2.45, 2.75) is 64.3 Å². The van der Waals surface area contributed by atoms with Gasteiger partial charge in [-0.3, -0.25) is 25.2 Å². The Morgan fingerprint density at radius 2 is 2.11 bits per heavy atom. The van der Waals surface area contributed by atoms with Crippen molar-refractivity contribution in [2.75, 3.05) is 30.5 Å². The molecule has 37 heavy (non-hydrogen) atoms. The maximum atomic E-state index is 13.3. The molecule has 1 unspecified atom stereocenters. The third-order valence-electron chi connectivity index (χ3n) is 7.10. The highest BCUT2D eigenvalue weighted by Crippen LogP contribution is 2.38. The van der Waals surface area contributed by atoms with E-state index in [1.54, 1.807) is 12.0 Å². The number of ether oxygens (including phenoxy) is 1. The second-order valence-electron chi connectivity index (χ2n) is 10.3. The summed E-state index contributed by atoms with van der Waals surface area (Å²) in [5.74, 6) is 0.437. The van der Waals surface area contributed by atoms with Crippen molar-refractivity contribution in [3.05, 3.63) is 36.2 Å². The zero-order chi connectivity index (χ0) is 26.3. The van der Waals surface area contributed by atoms with E-state index < -0.39 is 12.7 Å². The number of aromatic nitrogens is 1. The molecule has 11 heteroatoms. The van der Waals surface area contributed by atoms with Crippen molar-refractivity contribution in [3.63, 3.8) is 0 Å². The first-order valence-corrected chi connectivity index (χ1v) is 12.5. The highest BCUT2D eigenvalue weighted by Gasteiger charge is 2.42. The number of carbonyl (C=O) groups is 1. The van der Waals surface area contributed by atoms with Gasteiger partial charge in [-0.15, -0.1) is 0 Å². The Bertz CT molecular complexity index is 1250. The van der Waals surface area contributed by atoms with Gasteiger partial charge in [0.1, 0.15) is 5.69 Å². The third-order valence-corrected chi connectivity index (χ3v) is 7.10. The van der Waals surface area contributed by atoms with Crippen LogP contribution in [-0.4, -0.2) is 66.7 Å². The second-order valence-corrected chi connectivity index (χ2v) is 10.3. The molecule has 2 aliphatic heterocycles. The lowest BCUT2D eigenvalue weighted by atomic mass is 9.74. The van der Waals surface area contributed by atoms with Crippen molar-refractivity contribution in [2.24, 2.45) is 9.98 Å². The van der Waals surface area contributed by atoms with Gasteiger partial charge in [0.25, 0.3) is 6.43 Å². The van der Waals surface area contributed by atoms with Crippen LogP contribution in [0, 0.1) is 0 Å². The number of carbonyl (C=O) groups excluding carboxylic acids is 1. The molecule has 0 saturated heterocycles. The lowest BCUT2D eigenvalue weighted by Gasteiger charge is -2.47. The molecule has 0 radical (unpaired) electrons. The first kappa shape index (κ1) is 25.2. The molecule has 1 aliphatic carbocycles. The average Bonchev–Trinajstić information content (AvgIpc) is 3.17.